The molecule has 0 saturated carbocycles. The lowest BCUT2D eigenvalue weighted by molar-refractivity contribution is -0.148. The first-order chi connectivity index (χ1) is 16.0. The number of methoxy groups -OCH3 is 1. The number of carbonyl (C=O) groups is 3. The molecule has 0 spiro atoms. The van der Waals surface area contributed by atoms with Crippen LogP contribution in [0.5, 0.6) is 0 Å². The van der Waals surface area contributed by atoms with Crippen molar-refractivity contribution in [2.75, 3.05) is 27.4 Å². The first-order valence-electron chi connectivity index (χ1n) is 10.9. The second kappa shape index (κ2) is 11.3. The van der Waals surface area contributed by atoms with Crippen molar-refractivity contribution in [2.24, 2.45) is 0 Å². The van der Waals surface area contributed by atoms with Gasteiger partial charge in [-0.2, -0.15) is 0 Å². The van der Waals surface area contributed by atoms with Gasteiger partial charge >= 0.3 is 18.0 Å². The van der Waals surface area contributed by atoms with Crippen molar-refractivity contribution in [1.29, 1.82) is 0 Å². The molecule has 0 saturated heterocycles. The zero-order chi connectivity index (χ0) is 23.8. The molecule has 0 N–H and O–H groups in total. The number of fused-ring (bicyclic) bond motifs is 3. The monoisotopic (exact) mass is 451 g/mol. The maximum atomic E-state index is 12.9. The first-order valence-corrected chi connectivity index (χ1v) is 10.9. The second-order valence-corrected chi connectivity index (χ2v) is 7.82. The summed E-state index contributed by atoms with van der Waals surface area (Å²) < 4.78 is 15.5. The Bertz CT molecular complexity index is 972. The van der Waals surface area contributed by atoms with Crippen LogP contribution in [0.3, 0.4) is 0 Å². The van der Waals surface area contributed by atoms with E-state index in [4.69, 9.17) is 9.47 Å². The number of hydrogen-bond acceptors (Lipinski definition) is 6. The minimum Gasteiger partial charge on any atom is -0.469 e. The smallest absolute Gasteiger partial charge is 0.410 e. The van der Waals surface area contributed by atoms with Gasteiger partial charge in [0.25, 0.3) is 0 Å². The van der Waals surface area contributed by atoms with Crippen molar-refractivity contribution in [1.82, 2.24) is 4.90 Å². The summed E-state index contributed by atoms with van der Waals surface area (Å²) in [6.45, 7) is 3.71. The van der Waals surface area contributed by atoms with Gasteiger partial charge in [-0.15, -0.1) is 0 Å². The number of amides is 1. The van der Waals surface area contributed by atoms with E-state index in [1.807, 2.05) is 36.4 Å². The van der Waals surface area contributed by atoms with Gasteiger partial charge in [0.05, 0.1) is 7.11 Å². The summed E-state index contributed by atoms with van der Waals surface area (Å²) >= 11 is 0. The molecule has 0 aliphatic heterocycles. The van der Waals surface area contributed by atoms with Crippen LogP contribution in [0.15, 0.2) is 61.2 Å². The van der Waals surface area contributed by atoms with Gasteiger partial charge in [0, 0.05) is 19.4 Å². The molecule has 2 aromatic carbocycles. The Hall–Kier alpha value is -3.61. The van der Waals surface area contributed by atoms with Crippen LogP contribution in [0.4, 0.5) is 4.79 Å². The third kappa shape index (κ3) is 5.61. The largest absolute Gasteiger partial charge is 0.469 e. The summed E-state index contributed by atoms with van der Waals surface area (Å²) in [5.41, 5.74) is 4.48. The maximum Gasteiger partial charge on any atom is 0.410 e. The molecule has 0 heterocycles. The average Bonchev–Trinajstić information content (AvgIpc) is 3.16. The number of hydrogen-bond donors (Lipinski definition) is 0. The molecule has 1 atom stereocenters. The number of ether oxygens (including phenoxy) is 3. The number of rotatable bonds is 10. The van der Waals surface area contributed by atoms with E-state index in [-0.39, 0.29) is 37.9 Å². The van der Waals surface area contributed by atoms with Crippen LogP contribution in [0, 0.1) is 0 Å². The van der Waals surface area contributed by atoms with Crippen LogP contribution in [0.2, 0.25) is 0 Å². The van der Waals surface area contributed by atoms with Crippen molar-refractivity contribution in [3.8, 4) is 11.1 Å². The van der Waals surface area contributed by atoms with Crippen molar-refractivity contribution < 1.29 is 28.6 Å². The molecule has 7 nitrogen and oxygen atoms in total. The average molecular weight is 452 g/mol. The molecule has 0 unspecified atom stereocenters. The van der Waals surface area contributed by atoms with Gasteiger partial charge in [-0.05, 0) is 35.1 Å². The number of benzene rings is 2. The number of likely N-dealkylation sites (N-methyl/N-ethyl adjacent to an activating group) is 1. The molecule has 33 heavy (non-hydrogen) atoms. The van der Waals surface area contributed by atoms with Gasteiger partial charge in [-0.3, -0.25) is 9.69 Å². The van der Waals surface area contributed by atoms with Crippen LogP contribution in [-0.2, 0) is 23.8 Å². The highest BCUT2D eigenvalue weighted by atomic mass is 16.6. The fourth-order valence-electron chi connectivity index (χ4n) is 4.07. The Kier molecular flexibility index (Phi) is 8.24. The topological polar surface area (TPSA) is 82.1 Å². The van der Waals surface area contributed by atoms with Gasteiger partial charge in [-0.1, -0.05) is 61.2 Å². The maximum absolute atomic E-state index is 12.9. The van der Waals surface area contributed by atoms with E-state index >= 15 is 0 Å². The molecule has 174 valence electrons. The molecule has 1 aliphatic rings. The standard InChI is InChI=1S/C26H29NO6/c1-4-16-32-25(29)23(14-9-15-24(28)31-3)27(2)26(30)33-17-22-20-12-7-5-10-18(20)19-11-6-8-13-21(19)22/h4-8,10-13,22-23H,1,9,14-17H2,2-3H3/t23-/m0/s1. The quantitative estimate of drug-likeness (QED) is 0.304. The normalized spacial score (nSPS) is 12.8. The molecule has 0 bridgehead atoms. The fraction of sp³-hybridized carbons (Fsp3) is 0.346. The van der Waals surface area contributed by atoms with Crippen LogP contribution >= 0.6 is 0 Å². The molecule has 7 heteroatoms. The number of esters is 2. The van der Waals surface area contributed by atoms with Gasteiger partial charge in [0.15, 0.2) is 0 Å². The third-order valence-electron chi connectivity index (χ3n) is 5.79. The summed E-state index contributed by atoms with van der Waals surface area (Å²) in [5.74, 6) is -1.03. The highest BCUT2D eigenvalue weighted by Crippen LogP contribution is 2.44. The van der Waals surface area contributed by atoms with E-state index < -0.39 is 18.1 Å². The summed E-state index contributed by atoms with van der Waals surface area (Å²) in [7, 11) is 2.80. The molecule has 3 rings (SSSR count). The first kappa shape index (κ1) is 24.0. The molecule has 0 aromatic heterocycles. The summed E-state index contributed by atoms with van der Waals surface area (Å²) in [6.07, 6.45) is 1.57. The third-order valence-corrected chi connectivity index (χ3v) is 5.79. The minimum atomic E-state index is -0.884. The van der Waals surface area contributed by atoms with Gasteiger partial charge in [0.1, 0.15) is 19.3 Å². The Morgan fingerprint density at radius 3 is 2.21 bits per heavy atom. The molecule has 0 fully saturated rings. The fourth-order valence-corrected chi connectivity index (χ4v) is 4.07. The molecule has 2 aromatic rings. The van der Waals surface area contributed by atoms with Crippen LogP contribution in [0.25, 0.3) is 11.1 Å². The zero-order valence-corrected chi connectivity index (χ0v) is 19.0. The minimum absolute atomic E-state index is 0.0326. The highest BCUT2D eigenvalue weighted by Gasteiger charge is 2.32. The van der Waals surface area contributed by atoms with Crippen molar-refractivity contribution in [3.05, 3.63) is 72.3 Å². The highest BCUT2D eigenvalue weighted by molar-refractivity contribution is 5.82. The summed E-state index contributed by atoms with van der Waals surface area (Å²) in [5, 5.41) is 0. The van der Waals surface area contributed by atoms with Crippen molar-refractivity contribution in [2.45, 2.75) is 31.2 Å². The van der Waals surface area contributed by atoms with E-state index in [0.29, 0.717) is 6.42 Å². The van der Waals surface area contributed by atoms with E-state index in [9.17, 15) is 14.4 Å². The molecular weight excluding hydrogens is 422 g/mol. The van der Waals surface area contributed by atoms with Crippen LogP contribution in [0.1, 0.15) is 36.3 Å². The van der Waals surface area contributed by atoms with E-state index in [0.717, 1.165) is 22.3 Å². The molecule has 1 amide bonds. The van der Waals surface area contributed by atoms with E-state index in [1.54, 1.807) is 0 Å². The Morgan fingerprint density at radius 1 is 1.03 bits per heavy atom. The lowest BCUT2D eigenvalue weighted by Gasteiger charge is -2.26. The van der Waals surface area contributed by atoms with Crippen LogP contribution < -0.4 is 0 Å². The van der Waals surface area contributed by atoms with Crippen molar-refractivity contribution >= 4 is 18.0 Å². The number of carbonyl (C=O) groups excluding carboxylic acids is 3. The summed E-state index contributed by atoms with van der Waals surface area (Å²) in [6, 6.07) is 15.3. The summed E-state index contributed by atoms with van der Waals surface area (Å²) in [4.78, 5) is 38.1. The van der Waals surface area contributed by atoms with Crippen LogP contribution in [-0.4, -0.2) is 56.3 Å². The molecule has 0 radical (unpaired) electrons. The van der Waals surface area contributed by atoms with E-state index in [1.165, 1.54) is 25.1 Å². The van der Waals surface area contributed by atoms with Gasteiger partial charge in [0.2, 0.25) is 0 Å². The lowest BCUT2D eigenvalue weighted by atomic mass is 9.98. The predicted molar refractivity (Wildman–Crippen MR) is 124 cm³/mol. The molecular formula is C26H29NO6. The predicted octanol–water partition coefficient (Wildman–Crippen LogP) is 4.31. The lowest BCUT2D eigenvalue weighted by Crippen LogP contribution is -2.44. The molecule has 1 aliphatic carbocycles. The Labute approximate surface area is 193 Å². The Morgan fingerprint density at radius 2 is 1.64 bits per heavy atom. The zero-order valence-electron chi connectivity index (χ0n) is 19.0. The number of nitrogens with zero attached hydrogens (tertiary/aromatic N) is 1. The van der Waals surface area contributed by atoms with Crippen molar-refractivity contribution in [3.63, 3.8) is 0 Å². The van der Waals surface area contributed by atoms with Gasteiger partial charge in [-0.25, -0.2) is 9.59 Å². The van der Waals surface area contributed by atoms with Gasteiger partial charge < -0.3 is 14.2 Å². The second-order valence-electron chi connectivity index (χ2n) is 7.82. The SMILES string of the molecule is C=CCOC(=O)[C@H](CCCC(=O)OC)N(C)C(=O)OCC1c2ccccc2-c2ccccc21. The van der Waals surface area contributed by atoms with E-state index in [2.05, 4.69) is 23.4 Å². The Balaban J connectivity index is 1.68.